The van der Waals surface area contributed by atoms with E-state index < -0.39 is 17.2 Å². The number of hydrogen-bond acceptors (Lipinski definition) is 5. The number of hydrogen-bond donors (Lipinski definition) is 1. The van der Waals surface area contributed by atoms with Gasteiger partial charge in [-0.15, -0.1) is 11.3 Å². The number of pyridine rings is 1. The largest absolute Gasteiger partial charge is 0.494 e. The van der Waals surface area contributed by atoms with Crippen LogP contribution in [0.2, 0.25) is 15.1 Å². The zero-order valence-electron chi connectivity index (χ0n) is 16.5. The van der Waals surface area contributed by atoms with Gasteiger partial charge in [0.1, 0.15) is 11.6 Å². The molecule has 0 radical (unpaired) electrons. The van der Waals surface area contributed by atoms with Crippen LogP contribution < -0.4 is 5.56 Å². The van der Waals surface area contributed by atoms with Crippen LogP contribution in [0.1, 0.15) is 64.5 Å². The van der Waals surface area contributed by atoms with Gasteiger partial charge in [0.2, 0.25) is 11.7 Å². The lowest BCUT2D eigenvalue weighted by Gasteiger charge is -2.26. The molecular weight excluding hydrogens is 479 g/mol. The van der Waals surface area contributed by atoms with E-state index in [9.17, 15) is 20.0 Å². The number of carbonyl (C=O) groups excluding carboxylic acids is 1. The number of aromatic nitrogens is 1. The first-order chi connectivity index (χ1) is 14.8. The van der Waals surface area contributed by atoms with Gasteiger partial charge in [-0.05, 0) is 37.5 Å². The quantitative estimate of drug-likeness (QED) is 0.413. The van der Waals surface area contributed by atoms with Crippen molar-refractivity contribution in [1.82, 2.24) is 4.57 Å². The molecule has 2 heterocycles. The number of aromatic hydroxyl groups is 1. The van der Waals surface area contributed by atoms with Crippen LogP contribution in [0.4, 0.5) is 0 Å². The number of halogens is 3. The Hall–Kier alpha value is -2.04. The minimum absolute atomic E-state index is 0.0857. The first kappa shape index (κ1) is 22.2. The Morgan fingerprint density at radius 3 is 2.55 bits per heavy atom. The number of nitrogens with zero attached hydrogens (tertiary/aromatic N) is 2. The van der Waals surface area contributed by atoms with E-state index in [0.29, 0.717) is 33.0 Å². The summed E-state index contributed by atoms with van der Waals surface area (Å²) in [6.45, 7) is 1.49. The molecule has 0 bridgehead atoms. The maximum Gasteiger partial charge on any atom is 0.271 e. The molecule has 3 aromatic rings. The van der Waals surface area contributed by atoms with E-state index in [-0.39, 0.29) is 32.6 Å². The predicted octanol–water partition coefficient (Wildman–Crippen LogP) is 6.65. The van der Waals surface area contributed by atoms with Gasteiger partial charge in [0.15, 0.2) is 0 Å². The van der Waals surface area contributed by atoms with E-state index in [4.69, 9.17) is 34.8 Å². The summed E-state index contributed by atoms with van der Waals surface area (Å²) in [5.41, 5.74) is -0.666. The lowest BCUT2D eigenvalue weighted by Crippen LogP contribution is -2.31. The Kier molecular flexibility index (Phi) is 6.06. The van der Waals surface area contributed by atoms with Crippen LogP contribution in [0.3, 0.4) is 0 Å². The van der Waals surface area contributed by atoms with E-state index in [1.807, 2.05) is 6.07 Å². The highest BCUT2D eigenvalue weighted by Crippen LogP contribution is 2.43. The maximum atomic E-state index is 13.6. The SMILES string of the molecule is Cc1c(C(=O)c2sc3cc(Cl)cc(Cl)c3c2Cl)c(O)n(C2CCCCC2)c(=O)c1C#N. The highest BCUT2D eigenvalue weighted by Gasteiger charge is 2.31. The van der Waals surface area contributed by atoms with Crippen LogP contribution in [0, 0.1) is 18.3 Å². The normalized spacial score (nSPS) is 14.7. The minimum Gasteiger partial charge on any atom is -0.494 e. The summed E-state index contributed by atoms with van der Waals surface area (Å²) >= 11 is 20.0. The van der Waals surface area contributed by atoms with Gasteiger partial charge < -0.3 is 5.11 Å². The van der Waals surface area contributed by atoms with Crippen LogP contribution in [0.5, 0.6) is 5.88 Å². The molecule has 0 unspecified atom stereocenters. The number of fused-ring (bicyclic) bond motifs is 1. The van der Waals surface area contributed by atoms with Gasteiger partial charge in [0.05, 0.1) is 20.5 Å². The molecule has 0 amide bonds. The Balaban J connectivity index is 1.96. The van der Waals surface area contributed by atoms with Gasteiger partial charge in [-0.25, -0.2) is 0 Å². The summed E-state index contributed by atoms with van der Waals surface area (Å²) in [6, 6.07) is 4.85. The Labute approximate surface area is 197 Å². The number of ketones is 1. The van der Waals surface area contributed by atoms with Crippen molar-refractivity contribution in [2.45, 2.75) is 45.1 Å². The molecule has 1 aliphatic rings. The Morgan fingerprint density at radius 1 is 1.23 bits per heavy atom. The molecule has 1 aliphatic carbocycles. The summed E-state index contributed by atoms with van der Waals surface area (Å²) in [7, 11) is 0. The van der Waals surface area contributed by atoms with Crippen LogP contribution >= 0.6 is 46.1 Å². The topological polar surface area (TPSA) is 83.1 Å². The van der Waals surface area contributed by atoms with Gasteiger partial charge in [-0.2, -0.15) is 5.26 Å². The third-order valence-corrected chi connectivity index (χ3v) is 7.91. The first-order valence-corrected chi connectivity index (χ1v) is 11.7. The van der Waals surface area contributed by atoms with Gasteiger partial charge >= 0.3 is 0 Å². The second-order valence-corrected chi connectivity index (χ2v) is 9.89. The van der Waals surface area contributed by atoms with Crippen molar-refractivity contribution in [3.63, 3.8) is 0 Å². The molecule has 4 rings (SSSR count). The monoisotopic (exact) mass is 494 g/mol. The second-order valence-electron chi connectivity index (χ2n) is 7.61. The van der Waals surface area contributed by atoms with E-state index in [1.54, 1.807) is 6.07 Å². The van der Waals surface area contributed by atoms with Gasteiger partial charge in [0, 0.05) is 21.2 Å². The highest BCUT2D eigenvalue weighted by atomic mass is 35.5. The summed E-state index contributed by atoms with van der Waals surface area (Å²) < 4.78 is 1.84. The minimum atomic E-state index is -0.571. The number of benzene rings is 1. The summed E-state index contributed by atoms with van der Waals surface area (Å²) in [5, 5.41) is 22.1. The zero-order chi connectivity index (χ0) is 22.4. The van der Waals surface area contributed by atoms with Crippen molar-refractivity contribution in [2.75, 3.05) is 0 Å². The lowest BCUT2D eigenvalue weighted by atomic mass is 9.93. The number of rotatable bonds is 3. The summed E-state index contributed by atoms with van der Waals surface area (Å²) in [4.78, 5) is 26.7. The van der Waals surface area contributed by atoms with E-state index >= 15 is 0 Å². The molecule has 1 aromatic carbocycles. The van der Waals surface area contributed by atoms with Crippen molar-refractivity contribution >= 4 is 62.0 Å². The van der Waals surface area contributed by atoms with Crippen LogP contribution in [0.25, 0.3) is 10.1 Å². The highest BCUT2D eigenvalue weighted by molar-refractivity contribution is 7.22. The third-order valence-electron chi connectivity index (χ3n) is 5.77. The molecule has 1 N–H and O–H groups in total. The maximum absolute atomic E-state index is 13.6. The molecule has 0 spiro atoms. The molecule has 9 heteroatoms. The Bertz CT molecular complexity index is 1330. The van der Waals surface area contributed by atoms with Crippen LogP contribution in [-0.4, -0.2) is 15.5 Å². The molecule has 31 heavy (non-hydrogen) atoms. The fourth-order valence-corrected chi connectivity index (χ4v) is 6.57. The van der Waals surface area contributed by atoms with Gasteiger partial charge in [-0.1, -0.05) is 54.1 Å². The molecule has 160 valence electrons. The van der Waals surface area contributed by atoms with Crippen molar-refractivity contribution < 1.29 is 9.90 Å². The molecule has 0 saturated heterocycles. The fourth-order valence-electron chi connectivity index (χ4n) is 4.24. The third kappa shape index (κ3) is 3.64. The van der Waals surface area contributed by atoms with E-state index in [0.717, 1.165) is 30.6 Å². The number of carbonyl (C=O) groups is 1. The molecule has 2 aromatic heterocycles. The lowest BCUT2D eigenvalue weighted by molar-refractivity contribution is 0.103. The molecule has 0 atom stereocenters. The first-order valence-electron chi connectivity index (χ1n) is 9.76. The van der Waals surface area contributed by atoms with E-state index in [1.165, 1.54) is 17.6 Å². The number of thiophene rings is 1. The molecule has 5 nitrogen and oxygen atoms in total. The molecule has 1 saturated carbocycles. The fraction of sp³-hybridized carbons (Fsp3) is 0.318. The number of nitriles is 1. The average Bonchev–Trinajstić information content (AvgIpc) is 3.05. The van der Waals surface area contributed by atoms with E-state index in [2.05, 4.69) is 0 Å². The summed E-state index contributed by atoms with van der Waals surface area (Å²) in [6.07, 6.45) is 4.28. The molecule has 1 fully saturated rings. The van der Waals surface area contributed by atoms with Gasteiger partial charge in [-0.3, -0.25) is 14.2 Å². The van der Waals surface area contributed by atoms with Crippen molar-refractivity contribution in [3.05, 3.63) is 59.1 Å². The van der Waals surface area contributed by atoms with Crippen LogP contribution in [0.15, 0.2) is 16.9 Å². The van der Waals surface area contributed by atoms with Crippen LogP contribution in [-0.2, 0) is 0 Å². The second kappa shape index (κ2) is 8.48. The smallest absolute Gasteiger partial charge is 0.271 e. The van der Waals surface area contributed by atoms with Crippen molar-refractivity contribution in [1.29, 1.82) is 5.26 Å². The van der Waals surface area contributed by atoms with Gasteiger partial charge in [0.25, 0.3) is 5.56 Å². The standard InChI is InChI=1S/C22H17Cl3N2O3S/c1-10-13(9-26)21(29)27(12-5-3-2-4-6-12)22(30)16(10)19(28)20-18(25)17-14(24)7-11(23)8-15(17)31-20/h7-8,12,30H,2-6H2,1H3. The molecule has 0 aliphatic heterocycles. The Morgan fingerprint density at radius 2 is 1.90 bits per heavy atom. The average molecular weight is 496 g/mol. The predicted molar refractivity (Wildman–Crippen MR) is 124 cm³/mol. The molecular formula is C22H17Cl3N2O3S. The van der Waals surface area contributed by atoms with Crippen molar-refractivity contribution in [2.24, 2.45) is 0 Å². The van der Waals surface area contributed by atoms with Crippen molar-refractivity contribution in [3.8, 4) is 11.9 Å². The summed E-state index contributed by atoms with van der Waals surface area (Å²) in [5.74, 6) is -0.981. The zero-order valence-corrected chi connectivity index (χ0v) is 19.6.